The van der Waals surface area contributed by atoms with Crippen LogP contribution in [-0.4, -0.2) is 47.8 Å². The predicted octanol–water partition coefficient (Wildman–Crippen LogP) is 0.0739. The van der Waals surface area contributed by atoms with Crippen molar-refractivity contribution in [2.45, 2.75) is 12.8 Å². The van der Waals surface area contributed by atoms with Crippen LogP contribution in [0.2, 0.25) is 0 Å². The third kappa shape index (κ3) is 4.44. The highest BCUT2D eigenvalue weighted by atomic mass is 16.1. The smallest absolute Gasteiger partial charge is 0.273 e. The maximum absolute atomic E-state index is 11.7. The molecule has 1 aromatic heterocycles. The number of aromatic nitrogens is 2. The van der Waals surface area contributed by atoms with E-state index in [9.17, 15) is 4.79 Å². The van der Waals surface area contributed by atoms with Crippen LogP contribution in [0.25, 0.3) is 0 Å². The van der Waals surface area contributed by atoms with Gasteiger partial charge in [0.2, 0.25) is 0 Å². The second kappa shape index (κ2) is 6.24. The van der Waals surface area contributed by atoms with E-state index >= 15 is 0 Å². The van der Waals surface area contributed by atoms with E-state index in [0.29, 0.717) is 17.9 Å². The number of nitrogen functional groups attached to an aromatic ring is 1. The summed E-state index contributed by atoms with van der Waals surface area (Å²) in [7, 11) is 5.81. The number of nitrogens with two attached hydrogens (primary N) is 1. The van der Waals surface area contributed by atoms with Gasteiger partial charge in [0.1, 0.15) is 0 Å². The van der Waals surface area contributed by atoms with Crippen molar-refractivity contribution in [3.63, 3.8) is 0 Å². The summed E-state index contributed by atoms with van der Waals surface area (Å²) in [4.78, 5) is 13.8. The molecule has 17 heavy (non-hydrogen) atoms. The van der Waals surface area contributed by atoms with Gasteiger partial charge in [-0.3, -0.25) is 9.48 Å². The first-order valence-corrected chi connectivity index (χ1v) is 5.72. The lowest BCUT2D eigenvalue weighted by atomic mass is 10.3. The fourth-order valence-electron chi connectivity index (χ4n) is 1.52. The Labute approximate surface area is 102 Å². The zero-order valence-corrected chi connectivity index (χ0v) is 10.7. The number of nitrogens with zero attached hydrogens (tertiary/aromatic N) is 3. The molecule has 0 atom stereocenters. The Morgan fingerprint density at radius 2 is 2.24 bits per heavy atom. The highest BCUT2D eigenvalue weighted by molar-refractivity contribution is 5.96. The zero-order chi connectivity index (χ0) is 12.8. The summed E-state index contributed by atoms with van der Waals surface area (Å²) in [5.41, 5.74) is 6.38. The maximum atomic E-state index is 11.7. The molecule has 0 radical (unpaired) electrons. The molecule has 1 heterocycles. The minimum Gasteiger partial charge on any atom is -0.396 e. The largest absolute Gasteiger partial charge is 0.396 e. The third-order valence-electron chi connectivity index (χ3n) is 2.39. The van der Waals surface area contributed by atoms with Crippen LogP contribution in [0.1, 0.15) is 23.3 Å². The van der Waals surface area contributed by atoms with Crippen LogP contribution < -0.4 is 11.1 Å². The lowest BCUT2D eigenvalue weighted by Gasteiger charge is -2.09. The Morgan fingerprint density at radius 1 is 1.53 bits per heavy atom. The second-order valence-corrected chi connectivity index (χ2v) is 4.37. The Kier molecular flexibility index (Phi) is 4.96. The van der Waals surface area contributed by atoms with E-state index in [1.54, 1.807) is 13.2 Å². The molecule has 0 unspecified atom stereocenters. The lowest BCUT2D eigenvalue weighted by molar-refractivity contribution is 0.0948. The number of rotatable bonds is 6. The first kappa shape index (κ1) is 13.5. The molecule has 1 amide bonds. The van der Waals surface area contributed by atoms with Gasteiger partial charge in [-0.15, -0.1) is 0 Å². The highest BCUT2D eigenvalue weighted by Crippen LogP contribution is 2.07. The molecule has 6 heteroatoms. The second-order valence-electron chi connectivity index (χ2n) is 4.37. The number of aryl methyl sites for hydroxylation is 1. The number of nitrogens with one attached hydrogen (secondary N) is 1. The van der Waals surface area contributed by atoms with E-state index in [2.05, 4.69) is 15.3 Å². The van der Waals surface area contributed by atoms with Crippen LogP contribution in [0.15, 0.2) is 6.20 Å². The zero-order valence-electron chi connectivity index (χ0n) is 10.7. The molecule has 0 aliphatic heterocycles. The van der Waals surface area contributed by atoms with Gasteiger partial charge in [-0.05, 0) is 33.5 Å². The summed E-state index contributed by atoms with van der Waals surface area (Å²) >= 11 is 0. The minimum atomic E-state index is -0.201. The normalized spacial score (nSPS) is 10.8. The monoisotopic (exact) mass is 239 g/mol. The molecule has 0 saturated heterocycles. The molecular formula is C11H21N5O. The van der Waals surface area contributed by atoms with Crippen LogP contribution in [0.3, 0.4) is 0 Å². The van der Waals surface area contributed by atoms with Crippen molar-refractivity contribution >= 4 is 11.6 Å². The summed E-state index contributed by atoms with van der Waals surface area (Å²) in [6, 6.07) is 0. The average molecular weight is 239 g/mol. The van der Waals surface area contributed by atoms with Crippen LogP contribution in [0, 0.1) is 0 Å². The molecule has 3 N–H and O–H groups in total. The Hall–Kier alpha value is -1.56. The van der Waals surface area contributed by atoms with Gasteiger partial charge in [-0.25, -0.2) is 0 Å². The molecule has 1 aromatic rings. The van der Waals surface area contributed by atoms with Gasteiger partial charge < -0.3 is 16.0 Å². The maximum Gasteiger partial charge on any atom is 0.273 e. The molecule has 6 nitrogen and oxygen atoms in total. The van der Waals surface area contributed by atoms with Gasteiger partial charge in [-0.2, -0.15) is 5.10 Å². The quantitative estimate of drug-likeness (QED) is 0.689. The molecule has 0 fully saturated rings. The Morgan fingerprint density at radius 3 is 2.76 bits per heavy atom. The number of amides is 1. The highest BCUT2D eigenvalue weighted by Gasteiger charge is 2.12. The molecule has 0 aliphatic rings. The van der Waals surface area contributed by atoms with Crippen LogP contribution in [-0.2, 0) is 7.05 Å². The predicted molar refractivity (Wildman–Crippen MR) is 67.7 cm³/mol. The minimum absolute atomic E-state index is 0.201. The number of unbranched alkanes of at least 4 members (excludes halogenated alkanes) is 1. The van der Waals surface area contributed by atoms with Crippen molar-refractivity contribution in [3.8, 4) is 0 Å². The topological polar surface area (TPSA) is 76.2 Å². The van der Waals surface area contributed by atoms with Crippen molar-refractivity contribution in [1.82, 2.24) is 20.0 Å². The number of hydrogen-bond acceptors (Lipinski definition) is 4. The summed E-state index contributed by atoms with van der Waals surface area (Å²) in [6.07, 6.45) is 3.64. The van der Waals surface area contributed by atoms with Crippen molar-refractivity contribution < 1.29 is 4.79 Å². The summed E-state index contributed by atoms with van der Waals surface area (Å²) < 4.78 is 1.54. The van der Waals surface area contributed by atoms with Gasteiger partial charge in [-0.1, -0.05) is 0 Å². The van der Waals surface area contributed by atoms with Crippen molar-refractivity contribution in [2.24, 2.45) is 7.05 Å². The van der Waals surface area contributed by atoms with Gasteiger partial charge in [0.05, 0.1) is 5.69 Å². The van der Waals surface area contributed by atoms with Crippen molar-refractivity contribution in [1.29, 1.82) is 0 Å². The molecule has 0 aliphatic carbocycles. The van der Waals surface area contributed by atoms with Crippen LogP contribution >= 0.6 is 0 Å². The van der Waals surface area contributed by atoms with Crippen molar-refractivity contribution in [3.05, 3.63) is 11.9 Å². The molecule has 1 rings (SSSR count). The van der Waals surface area contributed by atoms with E-state index in [0.717, 1.165) is 19.4 Å². The van der Waals surface area contributed by atoms with E-state index in [1.165, 1.54) is 4.68 Å². The average Bonchev–Trinajstić information content (AvgIpc) is 2.56. The standard InChI is InChI=1S/C11H21N5O/c1-15(2)7-5-4-6-13-11(17)10-9(12)8-16(3)14-10/h8H,4-7,12H2,1-3H3,(H,13,17). The number of carbonyl (C=O) groups is 1. The van der Waals surface area contributed by atoms with Gasteiger partial charge >= 0.3 is 0 Å². The van der Waals surface area contributed by atoms with E-state index in [1.807, 2.05) is 14.1 Å². The number of carbonyl (C=O) groups excluding carboxylic acids is 1. The van der Waals surface area contributed by atoms with Gasteiger partial charge in [0.25, 0.3) is 5.91 Å². The van der Waals surface area contributed by atoms with Gasteiger partial charge in [0.15, 0.2) is 5.69 Å². The van der Waals surface area contributed by atoms with E-state index < -0.39 is 0 Å². The number of hydrogen-bond donors (Lipinski definition) is 2. The Balaban J connectivity index is 2.28. The summed E-state index contributed by atoms with van der Waals surface area (Å²) in [5.74, 6) is -0.201. The molecule has 0 saturated carbocycles. The molecule has 0 aromatic carbocycles. The SMILES string of the molecule is CN(C)CCCCNC(=O)c1nn(C)cc1N. The van der Waals surface area contributed by atoms with Gasteiger partial charge in [0, 0.05) is 19.8 Å². The van der Waals surface area contributed by atoms with Crippen molar-refractivity contribution in [2.75, 3.05) is 32.9 Å². The molecular weight excluding hydrogens is 218 g/mol. The Bertz CT molecular complexity index is 372. The fourth-order valence-corrected chi connectivity index (χ4v) is 1.52. The van der Waals surface area contributed by atoms with E-state index in [-0.39, 0.29) is 5.91 Å². The summed E-state index contributed by atoms with van der Waals surface area (Å²) in [5, 5.41) is 6.82. The first-order valence-electron chi connectivity index (χ1n) is 5.72. The molecule has 0 spiro atoms. The third-order valence-corrected chi connectivity index (χ3v) is 2.39. The number of anilines is 1. The fraction of sp³-hybridized carbons (Fsp3) is 0.636. The van der Waals surface area contributed by atoms with E-state index in [4.69, 9.17) is 5.73 Å². The summed E-state index contributed by atoms with van der Waals surface area (Å²) in [6.45, 7) is 1.68. The van der Waals surface area contributed by atoms with Crippen LogP contribution in [0.5, 0.6) is 0 Å². The lowest BCUT2D eigenvalue weighted by Crippen LogP contribution is -2.26. The molecule has 0 bridgehead atoms. The first-order chi connectivity index (χ1) is 8.00. The molecule has 96 valence electrons. The van der Waals surface area contributed by atoms with Crippen LogP contribution in [0.4, 0.5) is 5.69 Å².